The number of amides is 1. The average Bonchev–Trinajstić information content (AvgIpc) is 3.17. The molecule has 1 amide bonds. The first-order chi connectivity index (χ1) is 14.0. The zero-order valence-corrected chi connectivity index (χ0v) is 16.9. The predicted octanol–water partition coefficient (Wildman–Crippen LogP) is 3.09. The van der Waals surface area contributed by atoms with Gasteiger partial charge in [0.2, 0.25) is 0 Å². The second-order valence-corrected chi connectivity index (χ2v) is 7.87. The fourth-order valence-corrected chi connectivity index (χ4v) is 4.02. The smallest absolute Gasteiger partial charge is 0.267 e. The summed E-state index contributed by atoms with van der Waals surface area (Å²) < 4.78 is 1.52. The van der Waals surface area contributed by atoms with Gasteiger partial charge in [-0.3, -0.25) is 9.59 Å². The predicted molar refractivity (Wildman–Crippen MR) is 114 cm³/mol. The Labute approximate surface area is 169 Å². The second-order valence-electron chi connectivity index (χ2n) is 7.87. The van der Waals surface area contributed by atoms with Crippen molar-refractivity contribution in [1.82, 2.24) is 20.1 Å². The standard InChI is InChI=1S/C22H27N5O2/c1-15(2)27-21(28)11-10-20(25-27)26-12-6-5-7-16(26)13-24-22(29)18-14-23-19-9-4-3-8-17(18)19/h3-4,8-11,14-16,23H,5-7,12-13H2,1-2H3,(H,24,29). The van der Waals surface area contributed by atoms with Crippen LogP contribution in [-0.4, -0.2) is 39.8 Å². The number of rotatable bonds is 5. The van der Waals surface area contributed by atoms with Crippen molar-refractivity contribution in [2.75, 3.05) is 18.0 Å². The summed E-state index contributed by atoms with van der Waals surface area (Å²) in [5.41, 5.74) is 1.52. The Kier molecular flexibility index (Phi) is 5.38. The summed E-state index contributed by atoms with van der Waals surface area (Å²) in [5.74, 6) is 0.720. The molecule has 2 aromatic heterocycles. The van der Waals surface area contributed by atoms with Crippen molar-refractivity contribution in [3.05, 3.63) is 58.5 Å². The molecule has 0 radical (unpaired) electrons. The number of para-hydroxylation sites is 1. The average molecular weight is 393 g/mol. The van der Waals surface area contributed by atoms with Gasteiger partial charge >= 0.3 is 0 Å². The van der Waals surface area contributed by atoms with Gasteiger partial charge in [0.05, 0.1) is 11.6 Å². The zero-order chi connectivity index (χ0) is 20.4. The number of piperidine rings is 1. The first kappa shape index (κ1) is 19.2. The van der Waals surface area contributed by atoms with Crippen molar-refractivity contribution < 1.29 is 4.79 Å². The molecule has 7 nitrogen and oxygen atoms in total. The van der Waals surface area contributed by atoms with E-state index in [0.29, 0.717) is 12.1 Å². The minimum atomic E-state index is -0.0926. The van der Waals surface area contributed by atoms with E-state index >= 15 is 0 Å². The highest BCUT2D eigenvalue weighted by Crippen LogP contribution is 2.23. The number of hydrogen-bond donors (Lipinski definition) is 2. The normalized spacial score (nSPS) is 17.1. The number of carbonyl (C=O) groups excluding carboxylic acids is 1. The Hall–Kier alpha value is -3.09. The van der Waals surface area contributed by atoms with Crippen LogP contribution in [0.15, 0.2) is 47.4 Å². The Morgan fingerprint density at radius 1 is 1.24 bits per heavy atom. The number of fused-ring (bicyclic) bond motifs is 1. The van der Waals surface area contributed by atoms with Gasteiger partial charge in [0.1, 0.15) is 5.82 Å². The van der Waals surface area contributed by atoms with Gasteiger partial charge in [-0.1, -0.05) is 18.2 Å². The SMILES string of the molecule is CC(C)n1nc(N2CCCCC2CNC(=O)c2c[nH]c3ccccc23)ccc1=O. The summed E-state index contributed by atoms with van der Waals surface area (Å²) in [7, 11) is 0. The molecule has 1 fully saturated rings. The van der Waals surface area contributed by atoms with Gasteiger partial charge in [0, 0.05) is 42.3 Å². The van der Waals surface area contributed by atoms with E-state index in [2.05, 4.69) is 20.3 Å². The van der Waals surface area contributed by atoms with Crippen LogP contribution in [0.1, 0.15) is 49.5 Å². The van der Waals surface area contributed by atoms with E-state index in [1.807, 2.05) is 38.1 Å². The summed E-state index contributed by atoms with van der Waals surface area (Å²) in [6, 6.07) is 11.3. The first-order valence-electron chi connectivity index (χ1n) is 10.3. The number of carbonyl (C=O) groups is 1. The van der Waals surface area contributed by atoms with Crippen LogP contribution >= 0.6 is 0 Å². The zero-order valence-electron chi connectivity index (χ0n) is 16.9. The molecule has 0 spiro atoms. The van der Waals surface area contributed by atoms with Crippen molar-refractivity contribution in [2.45, 2.75) is 45.2 Å². The van der Waals surface area contributed by atoms with Crippen molar-refractivity contribution in [1.29, 1.82) is 0 Å². The Morgan fingerprint density at radius 3 is 2.90 bits per heavy atom. The molecule has 7 heteroatoms. The minimum Gasteiger partial charge on any atom is -0.360 e. The molecular weight excluding hydrogens is 366 g/mol. The highest BCUT2D eigenvalue weighted by molar-refractivity contribution is 6.06. The van der Waals surface area contributed by atoms with Crippen molar-refractivity contribution in [3.8, 4) is 0 Å². The molecule has 0 bridgehead atoms. The third-order valence-electron chi connectivity index (χ3n) is 5.55. The number of benzene rings is 1. The molecule has 1 aliphatic heterocycles. The Balaban J connectivity index is 1.50. The van der Waals surface area contributed by atoms with Crippen LogP contribution in [0.2, 0.25) is 0 Å². The maximum Gasteiger partial charge on any atom is 0.267 e. The van der Waals surface area contributed by atoms with E-state index < -0.39 is 0 Å². The van der Waals surface area contributed by atoms with E-state index in [-0.39, 0.29) is 23.6 Å². The van der Waals surface area contributed by atoms with Crippen LogP contribution in [0.5, 0.6) is 0 Å². The Bertz CT molecular complexity index is 1070. The van der Waals surface area contributed by atoms with E-state index in [0.717, 1.165) is 42.5 Å². The van der Waals surface area contributed by atoms with Gasteiger partial charge in [-0.2, -0.15) is 5.10 Å². The molecule has 1 atom stereocenters. The molecule has 2 N–H and O–H groups in total. The van der Waals surface area contributed by atoms with E-state index in [1.165, 1.54) is 4.68 Å². The quantitative estimate of drug-likeness (QED) is 0.698. The van der Waals surface area contributed by atoms with Crippen LogP contribution in [0.4, 0.5) is 5.82 Å². The van der Waals surface area contributed by atoms with Gasteiger partial charge in [0.15, 0.2) is 0 Å². The number of nitrogens with zero attached hydrogens (tertiary/aromatic N) is 3. The van der Waals surface area contributed by atoms with Gasteiger partial charge in [-0.05, 0) is 45.2 Å². The minimum absolute atomic E-state index is 0.00673. The molecule has 29 heavy (non-hydrogen) atoms. The summed E-state index contributed by atoms with van der Waals surface area (Å²) in [4.78, 5) is 30.2. The molecule has 0 aliphatic carbocycles. The molecule has 1 aromatic carbocycles. The lowest BCUT2D eigenvalue weighted by atomic mass is 10.0. The lowest BCUT2D eigenvalue weighted by Gasteiger charge is -2.37. The number of aromatic nitrogens is 3. The summed E-state index contributed by atoms with van der Waals surface area (Å²) in [5, 5.41) is 8.60. The molecule has 3 aromatic rings. The van der Waals surface area contributed by atoms with Crippen molar-refractivity contribution >= 4 is 22.6 Å². The maximum absolute atomic E-state index is 12.8. The van der Waals surface area contributed by atoms with Gasteiger partial charge in [-0.15, -0.1) is 0 Å². The lowest BCUT2D eigenvalue weighted by Crippen LogP contribution is -2.47. The number of aromatic amines is 1. The summed E-state index contributed by atoms with van der Waals surface area (Å²) in [6.07, 6.45) is 4.94. The maximum atomic E-state index is 12.8. The van der Waals surface area contributed by atoms with Gasteiger partial charge in [0.25, 0.3) is 11.5 Å². The topological polar surface area (TPSA) is 83.0 Å². The van der Waals surface area contributed by atoms with Crippen LogP contribution in [0, 0.1) is 0 Å². The third-order valence-corrected chi connectivity index (χ3v) is 5.55. The van der Waals surface area contributed by atoms with Crippen LogP contribution in [0.3, 0.4) is 0 Å². The third kappa shape index (κ3) is 3.90. The molecule has 152 valence electrons. The monoisotopic (exact) mass is 393 g/mol. The largest absolute Gasteiger partial charge is 0.360 e. The van der Waals surface area contributed by atoms with E-state index in [4.69, 9.17) is 0 Å². The Morgan fingerprint density at radius 2 is 2.07 bits per heavy atom. The molecule has 1 unspecified atom stereocenters. The van der Waals surface area contributed by atoms with Gasteiger partial charge < -0.3 is 15.2 Å². The number of hydrogen-bond acceptors (Lipinski definition) is 4. The number of anilines is 1. The fourth-order valence-electron chi connectivity index (χ4n) is 4.02. The van der Waals surface area contributed by atoms with Crippen LogP contribution in [-0.2, 0) is 0 Å². The van der Waals surface area contributed by atoms with Crippen LogP contribution in [0.25, 0.3) is 10.9 Å². The molecule has 1 aliphatic rings. The van der Waals surface area contributed by atoms with E-state index in [9.17, 15) is 9.59 Å². The molecule has 3 heterocycles. The second kappa shape index (κ2) is 8.11. The highest BCUT2D eigenvalue weighted by atomic mass is 16.1. The molecule has 1 saturated heterocycles. The van der Waals surface area contributed by atoms with Crippen LogP contribution < -0.4 is 15.8 Å². The molecule has 0 saturated carbocycles. The summed E-state index contributed by atoms with van der Waals surface area (Å²) in [6.45, 7) is 5.32. The van der Waals surface area contributed by atoms with Crippen molar-refractivity contribution in [2.24, 2.45) is 0 Å². The fraction of sp³-hybridized carbons (Fsp3) is 0.409. The van der Waals surface area contributed by atoms with Crippen molar-refractivity contribution in [3.63, 3.8) is 0 Å². The highest BCUT2D eigenvalue weighted by Gasteiger charge is 2.25. The van der Waals surface area contributed by atoms with Gasteiger partial charge in [-0.25, -0.2) is 4.68 Å². The molecule has 4 rings (SSSR count). The number of H-pyrrole nitrogens is 1. The molecular formula is C22H27N5O2. The first-order valence-corrected chi connectivity index (χ1v) is 10.3. The van der Waals surface area contributed by atoms with E-state index in [1.54, 1.807) is 18.3 Å². The lowest BCUT2D eigenvalue weighted by molar-refractivity contribution is 0.0951. The number of nitrogens with one attached hydrogen (secondary N) is 2. The summed E-state index contributed by atoms with van der Waals surface area (Å²) >= 11 is 0.